The van der Waals surface area contributed by atoms with Crippen molar-refractivity contribution < 1.29 is 4.42 Å². The lowest BCUT2D eigenvalue weighted by Crippen LogP contribution is -2.36. The van der Waals surface area contributed by atoms with Crippen molar-refractivity contribution in [3.8, 4) is 0 Å². The van der Waals surface area contributed by atoms with E-state index in [-0.39, 0.29) is 0 Å². The summed E-state index contributed by atoms with van der Waals surface area (Å²) in [7, 11) is 0. The molecule has 1 radical (unpaired) electrons. The number of hydrogen-bond acceptors (Lipinski definition) is 4. The average Bonchev–Trinajstić information content (AvgIpc) is 3.48. The van der Waals surface area contributed by atoms with Crippen molar-refractivity contribution in [2.45, 2.75) is 38.4 Å². The summed E-state index contributed by atoms with van der Waals surface area (Å²) in [6.45, 7) is 1.69. The summed E-state index contributed by atoms with van der Waals surface area (Å²) in [4.78, 5) is 8.16. The van der Waals surface area contributed by atoms with Crippen LogP contribution >= 0.6 is 11.3 Å². The zero-order chi connectivity index (χ0) is 20.4. The third kappa shape index (κ3) is 6.15. The van der Waals surface area contributed by atoms with E-state index in [2.05, 4.69) is 83.0 Å². The van der Waals surface area contributed by atoms with Crippen LogP contribution in [0.3, 0.4) is 0 Å². The Bertz CT molecular complexity index is 953. The van der Waals surface area contributed by atoms with Crippen molar-refractivity contribution in [3.63, 3.8) is 0 Å². The number of aromatic nitrogens is 1. The number of hydrogen-bond donors (Lipinski definition) is 0. The quantitative estimate of drug-likeness (QED) is 0.293. The molecule has 4 rings (SSSR count). The Kier molecular flexibility index (Phi) is 7.48. The minimum atomic E-state index is 0.375. The minimum Gasteiger partial charge on any atom is -0.468 e. The van der Waals surface area contributed by atoms with Crippen molar-refractivity contribution in [2.24, 2.45) is 0 Å². The maximum absolute atomic E-state index is 5.70. The lowest BCUT2D eigenvalue weighted by Gasteiger charge is -2.31. The zero-order valence-corrected chi connectivity index (χ0v) is 17.9. The first-order chi connectivity index (χ1) is 14.9. The molecule has 0 amide bonds. The second-order valence-corrected chi connectivity index (χ2v) is 8.48. The fourth-order valence-corrected chi connectivity index (χ4v) is 4.40. The lowest BCUT2D eigenvalue weighted by atomic mass is 10.00. The van der Waals surface area contributed by atoms with E-state index in [9.17, 15) is 0 Å². The molecule has 0 aliphatic rings. The molecule has 0 saturated carbocycles. The normalized spacial score (nSPS) is 12.3. The maximum Gasteiger partial charge on any atom is 0.117 e. The van der Waals surface area contributed by atoms with Crippen molar-refractivity contribution in [1.82, 2.24) is 9.88 Å². The molecule has 0 fully saturated rings. The van der Waals surface area contributed by atoms with Gasteiger partial charge in [-0.15, -0.1) is 11.3 Å². The highest BCUT2D eigenvalue weighted by atomic mass is 32.1. The van der Waals surface area contributed by atoms with Gasteiger partial charge in [-0.2, -0.15) is 0 Å². The summed E-state index contributed by atoms with van der Waals surface area (Å²) in [6, 6.07) is 25.8. The molecule has 0 bridgehead atoms. The van der Waals surface area contributed by atoms with Crippen molar-refractivity contribution in [3.05, 3.63) is 119 Å². The van der Waals surface area contributed by atoms with Crippen LogP contribution in [0.15, 0.2) is 95.2 Å². The summed E-state index contributed by atoms with van der Waals surface area (Å²) < 4.78 is 5.70. The van der Waals surface area contributed by atoms with Crippen LogP contribution in [-0.4, -0.2) is 15.9 Å². The van der Waals surface area contributed by atoms with E-state index in [1.807, 2.05) is 17.8 Å². The molecule has 3 nitrogen and oxygen atoms in total. The van der Waals surface area contributed by atoms with Crippen LogP contribution in [0.4, 0.5) is 0 Å². The van der Waals surface area contributed by atoms with Crippen molar-refractivity contribution in [1.29, 1.82) is 0 Å². The first-order valence-electron chi connectivity index (χ1n) is 10.4. The molecule has 4 heteroatoms. The van der Waals surface area contributed by atoms with Gasteiger partial charge in [0.25, 0.3) is 0 Å². The van der Waals surface area contributed by atoms with Crippen molar-refractivity contribution in [2.75, 3.05) is 0 Å². The fraction of sp³-hybridized carbons (Fsp3) is 0.231. The highest BCUT2D eigenvalue weighted by Crippen LogP contribution is 2.22. The van der Waals surface area contributed by atoms with E-state index in [1.54, 1.807) is 17.6 Å². The van der Waals surface area contributed by atoms with Gasteiger partial charge in [0.1, 0.15) is 5.76 Å². The maximum atomic E-state index is 5.70. The van der Waals surface area contributed by atoms with Crippen LogP contribution in [-0.2, 0) is 25.9 Å². The third-order valence-electron chi connectivity index (χ3n) is 5.27. The van der Waals surface area contributed by atoms with Crippen LogP contribution in [0.1, 0.15) is 28.2 Å². The van der Waals surface area contributed by atoms with Gasteiger partial charge in [0, 0.05) is 23.7 Å². The number of furan rings is 1. The lowest BCUT2D eigenvalue weighted by molar-refractivity contribution is 0.161. The number of nitrogens with zero attached hydrogens (tertiary/aromatic N) is 2. The molecule has 4 aromatic rings. The smallest absolute Gasteiger partial charge is 0.117 e. The molecule has 0 N–H and O–H groups in total. The van der Waals surface area contributed by atoms with Gasteiger partial charge in [-0.1, -0.05) is 60.7 Å². The van der Waals surface area contributed by atoms with Gasteiger partial charge < -0.3 is 4.42 Å². The molecule has 2 heterocycles. The predicted molar refractivity (Wildman–Crippen MR) is 123 cm³/mol. The topological polar surface area (TPSA) is 29.3 Å². The van der Waals surface area contributed by atoms with Gasteiger partial charge in [0.15, 0.2) is 0 Å². The fourth-order valence-electron chi connectivity index (χ4n) is 3.73. The second kappa shape index (κ2) is 10.9. The molecule has 153 valence electrons. The Morgan fingerprint density at radius 2 is 1.67 bits per heavy atom. The Labute approximate surface area is 183 Å². The van der Waals surface area contributed by atoms with Crippen LogP contribution in [0.5, 0.6) is 0 Å². The summed E-state index contributed by atoms with van der Waals surface area (Å²) in [5.41, 5.74) is 4.60. The summed E-state index contributed by atoms with van der Waals surface area (Å²) in [5, 5.41) is 0. The first kappa shape index (κ1) is 20.6. The Balaban J connectivity index is 1.51. The minimum absolute atomic E-state index is 0.375. The van der Waals surface area contributed by atoms with E-state index >= 15 is 0 Å². The van der Waals surface area contributed by atoms with Crippen molar-refractivity contribution >= 4 is 11.3 Å². The number of thiazole rings is 1. The highest BCUT2D eigenvalue weighted by Gasteiger charge is 2.21. The molecule has 2 aromatic heterocycles. The number of rotatable bonds is 11. The van der Waals surface area contributed by atoms with E-state index in [4.69, 9.17) is 4.42 Å². The van der Waals surface area contributed by atoms with E-state index in [0.29, 0.717) is 6.04 Å². The van der Waals surface area contributed by atoms with Gasteiger partial charge in [0.2, 0.25) is 0 Å². The zero-order valence-electron chi connectivity index (χ0n) is 17.1. The Morgan fingerprint density at radius 3 is 2.33 bits per heavy atom. The predicted octanol–water partition coefficient (Wildman–Crippen LogP) is 6.19. The van der Waals surface area contributed by atoms with Crippen LogP contribution in [0.25, 0.3) is 0 Å². The van der Waals surface area contributed by atoms with Gasteiger partial charge >= 0.3 is 0 Å². The first-order valence-corrected chi connectivity index (χ1v) is 11.3. The molecule has 1 atom stereocenters. The van der Waals surface area contributed by atoms with E-state index in [1.165, 1.54) is 16.0 Å². The molecule has 30 heavy (non-hydrogen) atoms. The highest BCUT2D eigenvalue weighted by molar-refractivity contribution is 7.09. The summed E-state index contributed by atoms with van der Waals surface area (Å²) in [6.07, 6.45) is 9.17. The molecule has 0 aliphatic heterocycles. The van der Waals surface area contributed by atoms with E-state index in [0.717, 1.165) is 38.1 Å². The molecule has 0 aliphatic carbocycles. The molecular formula is C26H27N2OS. The Hall–Kier alpha value is -2.69. The van der Waals surface area contributed by atoms with Gasteiger partial charge in [-0.25, -0.2) is 0 Å². The summed E-state index contributed by atoms with van der Waals surface area (Å²) >= 11 is 1.74. The molecule has 0 spiro atoms. The molecule has 1 unspecified atom stereocenters. The molecule has 0 saturated heterocycles. The second-order valence-electron chi connectivity index (χ2n) is 7.51. The monoisotopic (exact) mass is 415 g/mol. The molecule has 2 aromatic carbocycles. The SMILES string of the molecule is [CH](Cc1ccccc1)CC(Cc1cncs1)N(Cc1ccccc1)Cc1ccco1. The largest absolute Gasteiger partial charge is 0.468 e. The summed E-state index contributed by atoms with van der Waals surface area (Å²) in [5.74, 6) is 1.00. The van der Waals surface area contributed by atoms with Gasteiger partial charge in [-0.05, 0) is 48.9 Å². The standard InChI is InChI=1S/C26H27N2OS/c1-3-9-22(10-4-1)13-7-14-24(17-26-18-27-21-30-26)28(20-25-15-8-16-29-25)19-23-11-5-2-6-12-23/h1-12,15-16,18,21,24H,13-14,17,19-20H2. The number of benzene rings is 2. The van der Waals surface area contributed by atoms with Crippen LogP contribution in [0, 0.1) is 6.42 Å². The van der Waals surface area contributed by atoms with Crippen LogP contribution < -0.4 is 0 Å². The Morgan fingerprint density at radius 1 is 0.900 bits per heavy atom. The van der Waals surface area contributed by atoms with Crippen LogP contribution in [0.2, 0.25) is 0 Å². The van der Waals surface area contributed by atoms with Gasteiger partial charge in [0.05, 0.1) is 18.3 Å². The van der Waals surface area contributed by atoms with E-state index < -0.39 is 0 Å². The van der Waals surface area contributed by atoms with Gasteiger partial charge in [-0.3, -0.25) is 9.88 Å². The average molecular weight is 416 g/mol. The third-order valence-corrected chi connectivity index (χ3v) is 6.07. The molecular weight excluding hydrogens is 388 g/mol.